The molecule has 2 aliphatic carbocycles. The van der Waals surface area contributed by atoms with Gasteiger partial charge in [0.15, 0.2) is 0 Å². The molecule has 6 unspecified atom stereocenters. The summed E-state index contributed by atoms with van der Waals surface area (Å²) in [6.45, 7) is 4.59. The van der Waals surface area contributed by atoms with Crippen LogP contribution in [0.25, 0.3) is 0 Å². The second-order valence-corrected chi connectivity index (χ2v) is 13.9. The van der Waals surface area contributed by atoms with E-state index in [1.165, 1.54) is 30.1 Å². The third-order valence-electron chi connectivity index (χ3n) is 11.6. The number of methoxy groups -OCH3 is 2. The maximum atomic E-state index is 14.7. The summed E-state index contributed by atoms with van der Waals surface area (Å²) in [5.41, 5.74) is 1.72. The molecule has 50 heavy (non-hydrogen) atoms. The number of carbonyl (C=O) groups is 4. The van der Waals surface area contributed by atoms with E-state index in [0.29, 0.717) is 41.7 Å². The summed E-state index contributed by atoms with van der Waals surface area (Å²) in [5.74, 6) is -4.41. The van der Waals surface area contributed by atoms with E-state index < -0.39 is 40.9 Å². The highest BCUT2D eigenvalue weighted by atomic mass is 16.5. The molecule has 3 heterocycles. The molecule has 1 N–H and O–H groups in total. The third-order valence-corrected chi connectivity index (χ3v) is 11.6. The van der Waals surface area contributed by atoms with Gasteiger partial charge in [-0.1, -0.05) is 29.8 Å². The number of allylic oxidation sites excluding steroid dienone is 2. The first-order valence-electron chi connectivity index (χ1n) is 17.1. The van der Waals surface area contributed by atoms with Gasteiger partial charge in [-0.25, -0.2) is 4.90 Å². The molecule has 11 nitrogen and oxygen atoms in total. The summed E-state index contributed by atoms with van der Waals surface area (Å²) < 4.78 is 16.7. The van der Waals surface area contributed by atoms with Crippen LogP contribution in [0.4, 0.5) is 17.1 Å². The van der Waals surface area contributed by atoms with Gasteiger partial charge >= 0.3 is 0 Å². The number of phenolic OH excluding ortho intramolecular Hbond substituents is 1. The highest BCUT2D eigenvalue weighted by Crippen LogP contribution is 2.65. The van der Waals surface area contributed by atoms with Crippen molar-refractivity contribution >= 4 is 40.7 Å². The molecule has 1 saturated carbocycles. The lowest BCUT2D eigenvalue weighted by Crippen LogP contribution is -2.49. The van der Waals surface area contributed by atoms with E-state index in [2.05, 4.69) is 4.90 Å². The zero-order valence-electron chi connectivity index (χ0n) is 28.2. The molecule has 4 amide bonds. The second kappa shape index (κ2) is 12.0. The van der Waals surface area contributed by atoms with Crippen LogP contribution in [0.15, 0.2) is 78.4 Å². The van der Waals surface area contributed by atoms with Crippen molar-refractivity contribution in [2.75, 3.05) is 55.2 Å². The number of aromatic hydroxyl groups is 1. The molecule has 0 spiro atoms. The number of imide groups is 2. The van der Waals surface area contributed by atoms with Crippen molar-refractivity contribution in [3.8, 4) is 17.2 Å². The van der Waals surface area contributed by atoms with Gasteiger partial charge < -0.3 is 24.2 Å². The molecule has 4 fully saturated rings. The molecule has 3 aliphatic heterocycles. The average Bonchev–Trinajstić information content (AvgIpc) is 3.51. The molecule has 0 bridgehead atoms. The number of anilines is 3. The maximum absolute atomic E-state index is 14.7. The van der Waals surface area contributed by atoms with Crippen LogP contribution < -0.4 is 24.2 Å². The van der Waals surface area contributed by atoms with Gasteiger partial charge in [0.1, 0.15) is 17.2 Å². The number of para-hydroxylation sites is 1. The number of ether oxygens (including phenoxy) is 3. The van der Waals surface area contributed by atoms with Crippen molar-refractivity contribution in [2.45, 2.75) is 25.7 Å². The van der Waals surface area contributed by atoms with Gasteiger partial charge in [0.2, 0.25) is 23.6 Å². The number of morpholine rings is 1. The van der Waals surface area contributed by atoms with Crippen molar-refractivity contribution in [1.82, 2.24) is 0 Å². The Bertz CT molecular complexity index is 1920. The van der Waals surface area contributed by atoms with E-state index in [9.17, 15) is 24.3 Å². The lowest BCUT2D eigenvalue weighted by atomic mass is 9.51. The van der Waals surface area contributed by atoms with Crippen LogP contribution >= 0.6 is 0 Å². The predicted octanol–water partition coefficient (Wildman–Crippen LogP) is 4.68. The lowest BCUT2D eigenvalue weighted by Gasteiger charge is -2.49. The van der Waals surface area contributed by atoms with Gasteiger partial charge in [-0.2, -0.15) is 0 Å². The lowest BCUT2D eigenvalue weighted by molar-refractivity contribution is -0.131. The monoisotopic (exact) mass is 677 g/mol. The number of phenols is 1. The summed E-state index contributed by atoms with van der Waals surface area (Å²) in [6.07, 6.45) is 2.45. The fraction of sp³-hybridized carbons (Fsp3) is 0.385. The van der Waals surface area contributed by atoms with Crippen LogP contribution in [-0.2, 0) is 23.9 Å². The van der Waals surface area contributed by atoms with Crippen LogP contribution in [0.1, 0.15) is 31.2 Å². The Morgan fingerprint density at radius 3 is 2.16 bits per heavy atom. The summed E-state index contributed by atoms with van der Waals surface area (Å²) in [5, 5.41) is 11.6. The molecule has 6 atom stereocenters. The number of nitrogens with zero attached hydrogens (tertiary/aromatic N) is 3. The van der Waals surface area contributed by atoms with E-state index in [1.54, 1.807) is 37.3 Å². The number of amides is 4. The number of fused-ring (bicyclic) bond motifs is 4. The van der Waals surface area contributed by atoms with Crippen LogP contribution in [0.5, 0.6) is 17.2 Å². The quantitative estimate of drug-likeness (QED) is 0.293. The molecule has 258 valence electrons. The minimum Gasteiger partial charge on any atom is -0.507 e. The zero-order valence-corrected chi connectivity index (χ0v) is 28.2. The first-order valence-corrected chi connectivity index (χ1v) is 17.1. The molecular formula is C39H39N3O8. The summed E-state index contributed by atoms with van der Waals surface area (Å²) >= 11 is 0. The van der Waals surface area contributed by atoms with Crippen LogP contribution in [-0.4, -0.2) is 69.3 Å². The number of carbonyl (C=O) groups excluding carboxylic acids is 4. The topological polar surface area (TPSA) is 126 Å². The SMILES string of the molecule is COc1cc(O)c(C2C3=CCC4C(=O)N(c5ccc(N6CCOCC6)cc5)C(=O)C4C3CC3C(=O)N(c4ccccc4)C(=O)C32C)c(OC)c1. The van der Waals surface area contributed by atoms with E-state index in [0.717, 1.165) is 24.4 Å². The number of benzene rings is 3. The molecule has 3 saturated heterocycles. The third kappa shape index (κ3) is 4.59. The normalized spacial score (nSPS) is 29.1. The first kappa shape index (κ1) is 32.1. The first-order chi connectivity index (χ1) is 24.2. The Kier molecular flexibility index (Phi) is 7.70. The Balaban J connectivity index is 1.22. The molecule has 11 heteroatoms. The summed E-state index contributed by atoms with van der Waals surface area (Å²) in [7, 11) is 2.95. The maximum Gasteiger partial charge on any atom is 0.241 e. The van der Waals surface area contributed by atoms with Crippen LogP contribution in [0.2, 0.25) is 0 Å². The van der Waals surface area contributed by atoms with E-state index in [-0.39, 0.29) is 36.3 Å². The molecule has 5 aliphatic rings. The Morgan fingerprint density at radius 2 is 1.48 bits per heavy atom. The second-order valence-electron chi connectivity index (χ2n) is 13.9. The minimum absolute atomic E-state index is 0.149. The van der Waals surface area contributed by atoms with Crippen molar-refractivity contribution in [1.29, 1.82) is 0 Å². The zero-order chi connectivity index (χ0) is 34.9. The molecule has 3 aromatic carbocycles. The van der Waals surface area contributed by atoms with Gasteiger partial charge in [0, 0.05) is 42.4 Å². The van der Waals surface area contributed by atoms with E-state index in [4.69, 9.17) is 14.2 Å². The van der Waals surface area contributed by atoms with E-state index in [1.807, 2.05) is 36.4 Å². The molecule has 8 rings (SSSR count). The van der Waals surface area contributed by atoms with Gasteiger partial charge in [-0.3, -0.25) is 24.1 Å². The standard InChI is InChI=1S/C39H39N3O8/c1-39-29(36(45)42(38(39)47)23-7-5-4-6-8-23)21-28-26(34(39)33-30(43)19-25(48-2)20-31(33)49-3)13-14-27-32(28)37(46)41(35(27)44)24-11-9-22(10-12-24)40-15-17-50-18-16-40/h4-13,19-20,27-29,32,34,43H,14-18,21H2,1-3H3. The number of hydrogen-bond acceptors (Lipinski definition) is 9. The Morgan fingerprint density at radius 1 is 0.800 bits per heavy atom. The Hall–Kier alpha value is -5.16. The van der Waals surface area contributed by atoms with Gasteiger partial charge in [-0.15, -0.1) is 0 Å². The van der Waals surface area contributed by atoms with Crippen LogP contribution in [0, 0.1) is 29.1 Å². The number of hydrogen-bond donors (Lipinski definition) is 1. The summed E-state index contributed by atoms with van der Waals surface area (Å²) in [6, 6.07) is 19.4. The van der Waals surface area contributed by atoms with Gasteiger partial charge in [-0.05, 0) is 62.1 Å². The Labute approximate surface area is 290 Å². The van der Waals surface area contributed by atoms with Gasteiger partial charge in [0.05, 0.1) is 62.0 Å². The van der Waals surface area contributed by atoms with E-state index >= 15 is 0 Å². The smallest absolute Gasteiger partial charge is 0.241 e. The molecule has 0 radical (unpaired) electrons. The van der Waals surface area contributed by atoms with Crippen molar-refractivity contribution < 1.29 is 38.5 Å². The number of rotatable bonds is 6. The fourth-order valence-electron chi connectivity index (χ4n) is 9.20. The fourth-order valence-corrected chi connectivity index (χ4v) is 9.20. The molecule has 3 aromatic rings. The minimum atomic E-state index is -1.33. The largest absolute Gasteiger partial charge is 0.507 e. The summed E-state index contributed by atoms with van der Waals surface area (Å²) in [4.78, 5) is 62.4. The van der Waals surface area contributed by atoms with Crippen molar-refractivity contribution in [3.05, 3.63) is 83.9 Å². The van der Waals surface area contributed by atoms with Gasteiger partial charge in [0.25, 0.3) is 0 Å². The predicted molar refractivity (Wildman–Crippen MR) is 184 cm³/mol. The highest BCUT2D eigenvalue weighted by Gasteiger charge is 2.68. The molecular weight excluding hydrogens is 638 g/mol. The van der Waals surface area contributed by atoms with Crippen molar-refractivity contribution in [2.24, 2.45) is 29.1 Å². The van der Waals surface area contributed by atoms with Crippen molar-refractivity contribution in [3.63, 3.8) is 0 Å². The van der Waals surface area contributed by atoms with Crippen LogP contribution in [0.3, 0.4) is 0 Å². The highest BCUT2D eigenvalue weighted by molar-refractivity contribution is 6.25. The average molecular weight is 678 g/mol. The molecule has 0 aromatic heterocycles.